The second-order valence-corrected chi connectivity index (χ2v) is 8.38. The summed E-state index contributed by atoms with van der Waals surface area (Å²) in [7, 11) is 0. The minimum absolute atomic E-state index is 0.303. The van der Waals surface area contributed by atoms with E-state index in [0.29, 0.717) is 17.9 Å². The molecule has 2 fully saturated rings. The Kier molecular flexibility index (Phi) is 6.25. The zero-order valence-corrected chi connectivity index (χ0v) is 16.6. The van der Waals surface area contributed by atoms with Crippen LogP contribution in [0.15, 0.2) is 48.8 Å². The molecule has 5 nitrogen and oxygen atoms in total. The number of nitrogens with zero attached hydrogens (tertiary/aromatic N) is 3. The summed E-state index contributed by atoms with van der Waals surface area (Å²) in [4.78, 5) is 12.6. The molecule has 1 aromatic heterocycles. The molecular formula is C23H32N4O. The van der Waals surface area contributed by atoms with Crippen LogP contribution in [0.2, 0.25) is 0 Å². The molecule has 2 aromatic rings. The monoisotopic (exact) mass is 380 g/mol. The van der Waals surface area contributed by atoms with E-state index in [-0.39, 0.29) is 0 Å². The number of aliphatic hydroxyl groups is 1. The second kappa shape index (κ2) is 9.03. The summed E-state index contributed by atoms with van der Waals surface area (Å²) in [5.41, 5.74) is 1.56. The average molecular weight is 381 g/mol. The van der Waals surface area contributed by atoms with Gasteiger partial charge in [0.2, 0.25) is 0 Å². The Morgan fingerprint density at radius 3 is 2.54 bits per heavy atom. The molecule has 0 saturated carbocycles. The topological polar surface area (TPSA) is 55.4 Å². The third-order valence-corrected chi connectivity index (χ3v) is 6.74. The van der Waals surface area contributed by atoms with Gasteiger partial charge in [-0.15, -0.1) is 0 Å². The maximum Gasteiger partial charge on any atom is 0.120 e. The minimum Gasteiger partial charge on any atom is -0.396 e. The standard InChI is InChI=1S/C23H32N4O/c28-19-21-17-26(13-4-7-20-5-2-1-3-6-20)14-8-23(21)9-15-27(16-10-23)18-22-24-11-12-25-22/h1-7,11-12,21,28H,8-10,13-19H2,(H,24,25)/b7-4+/t21-/m0/s1. The van der Waals surface area contributed by atoms with Crippen molar-refractivity contribution in [3.63, 3.8) is 0 Å². The highest BCUT2D eigenvalue weighted by molar-refractivity contribution is 5.48. The van der Waals surface area contributed by atoms with Gasteiger partial charge in [0.1, 0.15) is 5.82 Å². The third kappa shape index (κ3) is 4.54. The number of aliphatic hydroxyl groups excluding tert-OH is 1. The summed E-state index contributed by atoms with van der Waals surface area (Å²) in [6.07, 6.45) is 11.7. The normalized spacial score (nSPS) is 23.5. The first-order valence-corrected chi connectivity index (χ1v) is 10.5. The number of H-pyrrole nitrogens is 1. The fourth-order valence-electron chi connectivity index (χ4n) is 4.91. The number of imidazole rings is 1. The van der Waals surface area contributed by atoms with Crippen molar-refractivity contribution in [2.75, 3.05) is 39.3 Å². The van der Waals surface area contributed by atoms with Crippen molar-refractivity contribution >= 4 is 6.08 Å². The number of aromatic nitrogens is 2. The predicted octanol–water partition coefficient (Wildman–Crippen LogP) is 3.02. The number of nitrogens with one attached hydrogen (secondary N) is 1. The quantitative estimate of drug-likeness (QED) is 0.809. The number of rotatable bonds is 6. The van der Waals surface area contributed by atoms with E-state index in [1.165, 1.54) is 24.8 Å². The van der Waals surface area contributed by atoms with E-state index in [2.05, 4.69) is 56.2 Å². The molecule has 1 spiro atoms. The van der Waals surface area contributed by atoms with E-state index < -0.39 is 0 Å². The van der Waals surface area contributed by atoms with Crippen LogP contribution in [0.5, 0.6) is 0 Å². The summed E-state index contributed by atoms with van der Waals surface area (Å²) < 4.78 is 0. The molecule has 3 heterocycles. The van der Waals surface area contributed by atoms with Crippen LogP contribution in [0, 0.1) is 11.3 Å². The summed E-state index contributed by atoms with van der Waals surface area (Å²) >= 11 is 0. The number of hydrogen-bond acceptors (Lipinski definition) is 4. The van der Waals surface area contributed by atoms with Crippen LogP contribution < -0.4 is 0 Å². The molecular weight excluding hydrogens is 348 g/mol. The molecule has 2 aliphatic heterocycles. The van der Waals surface area contributed by atoms with E-state index in [0.717, 1.165) is 45.1 Å². The molecule has 0 radical (unpaired) electrons. The highest BCUT2D eigenvalue weighted by Crippen LogP contribution is 2.45. The predicted molar refractivity (Wildman–Crippen MR) is 113 cm³/mol. The number of hydrogen-bond donors (Lipinski definition) is 2. The molecule has 0 amide bonds. The highest BCUT2D eigenvalue weighted by atomic mass is 16.3. The molecule has 2 N–H and O–H groups in total. The lowest BCUT2D eigenvalue weighted by molar-refractivity contribution is -0.0404. The van der Waals surface area contributed by atoms with Crippen molar-refractivity contribution in [1.29, 1.82) is 0 Å². The lowest BCUT2D eigenvalue weighted by atomic mass is 9.64. The number of aromatic amines is 1. The Bertz CT molecular complexity index is 735. The van der Waals surface area contributed by atoms with Crippen LogP contribution >= 0.6 is 0 Å². The van der Waals surface area contributed by atoms with Crippen LogP contribution in [-0.2, 0) is 6.54 Å². The van der Waals surface area contributed by atoms with Crippen LogP contribution in [0.3, 0.4) is 0 Å². The van der Waals surface area contributed by atoms with Crippen molar-refractivity contribution in [2.45, 2.75) is 25.8 Å². The highest BCUT2D eigenvalue weighted by Gasteiger charge is 2.44. The Labute approximate surface area is 168 Å². The van der Waals surface area contributed by atoms with Gasteiger partial charge < -0.3 is 10.1 Å². The van der Waals surface area contributed by atoms with Gasteiger partial charge in [-0.3, -0.25) is 9.80 Å². The molecule has 0 unspecified atom stereocenters. The average Bonchev–Trinajstić information content (AvgIpc) is 3.25. The first-order chi connectivity index (χ1) is 13.8. The van der Waals surface area contributed by atoms with Gasteiger partial charge in [-0.05, 0) is 49.9 Å². The summed E-state index contributed by atoms with van der Waals surface area (Å²) in [6, 6.07) is 10.5. The summed E-state index contributed by atoms with van der Waals surface area (Å²) in [5.74, 6) is 1.44. The molecule has 28 heavy (non-hydrogen) atoms. The van der Waals surface area contributed by atoms with Crippen LogP contribution in [-0.4, -0.2) is 64.2 Å². The fraction of sp³-hybridized carbons (Fsp3) is 0.522. The van der Waals surface area contributed by atoms with Crippen LogP contribution in [0.4, 0.5) is 0 Å². The maximum absolute atomic E-state index is 10.1. The Morgan fingerprint density at radius 1 is 1.11 bits per heavy atom. The first-order valence-electron chi connectivity index (χ1n) is 10.5. The Balaban J connectivity index is 1.29. The van der Waals surface area contributed by atoms with Gasteiger partial charge in [0.15, 0.2) is 0 Å². The number of piperidine rings is 2. The summed E-state index contributed by atoms with van der Waals surface area (Å²) in [6.45, 7) is 6.52. The molecule has 1 aromatic carbocycles. The van der Waals surface area contributed by atoms with E-state index >= 15 is 0 Å². The molecule has 2 aliphatic rings. The van der Waals surface area contributed by atoms with E-state index in [4.69, 9.17) is 0 Å². The molecule has 5 heteroatoms. The van der Waals surface area contributed by atoms with Crippen molar-refractivity contribution < 1.29 is 5.11 Å². The maximum atomic E-state index is 10.1. The van der Waals surface area contributed by atoms with Gasteiger partial charge in [0.25, 0.3) is 0 Å². The molecule has 0 aliphatic carbocycles. The smallest absolute Gasteiger partial charge is 0.120 e. The molecule has 1 atom stereocenters. The first kappa shape index (κ1) is 19.4. The Morgan fingerprint density at radius 2 is 1.86 bits per heavy atom. The van der Waals surface area contributed by atoms with E-state index in [1.54, 1.807) is 0 Å². The zero-order chi connectivity index (χ0) is 19.2. The van der Waals surface area contributed by atoms with E-state index in [9.17, 15) is 5.11 Å². The molecule has 150 valence electrons. The van der Waals surface area contributed by atoms with Crippen LogP contribution in [0.1, 0.15) is 30.7 Å². The van der Waals surface area contributed by atoms with Gasteiger partial charge in [-0.2, -0.15) is 0 Å². The van der Waals surface area contributed by atoms with Crippen molar-refractivity contribution in [3.05, 3.63) is 60.2 Å². The largest absolute Gasteiger partial charge is 0.396 e. The summed E-state index contributed by atoms with van der Waals surface area (Å²) in [5, 5.41) is 10.1. The third-order valence-electron chi connectivity index (χ3n) is 6.74. The number of benzene rings is 1. The fourth-order valence-corrected chi connectivity index (χ4v) is 4.91. The van der Waals surface area contributed by atoms with Crippen LogP contribution in [0.25, 0.3) is 6.08 Å². The lowest BCUT2D eigenvalue weighted by Crippen LogP contribution is -2.53. The molecule has 0 bridgehead atoms. The van der Waals surface area contributed by atoms with Gasteiger partial charge in [0.05, 0.1) is 6.54 Å². The van der Waals surface area contributed by atoms with Gasteiger partial charge in [-0.1, -0.05) is 42.5 Å². The van der Waals surface area contributed by atoms with E-state index in [1.807, 2.05) is 18.5 Å². The van der Waals surface area contributed by atoms with Gasteiger partial charge in [0, 0.05) is 38.0 Å². The lowest BCUT2D eigenvalue weighted by Gasteiger charge is -2.51. The van der Waals surface area contributed by atoms with Crippen molar-refractivity contribution in [3.8, 4) is 0 Å². The molecule has 4 rings (SSSR count). The van der Waals surface area contributed by atoms with Gasteiger partial charge >= 0.3 is 0 Å². The van der Waals surface area contributed by atoms with Crippen molar-refractivity contribution in [1.82, 2.24) is 19.8 Å². The SMILES string of the molecule is OC[C@@H]1CN(C/C=C/c2ccccc2)CCC12CCN(Cc1ncc[nH]1)CC2. The zero-order valence-electron chi connectivity index (χ0n) is 16.6. The molecule has 2 saturated heterocycles. The second-order valence-electron chi connectivity index (χ2n) is 8.38. The Hall–Kier alpha value is -1.95. The minimum atomic E-state index is 0.303. The van der Waals surface area contributed by atoms with Gasteiger partial charge in [-0.25, -0.2) is 4.98 Å². The number of likely N-dealkylation sites (tertiary alicyclic amines) is 2. The van der Waals surface area contributed by atoms with Crippen molar-refractivity contribution in [2.24, 2.45) is 11.3 Å².